The summed E-state index contributed by atoms with van der Waals surface area (Å²) in [5, 5.41) is 0. The van der Waals surface area contributed by atoms with E-state index in [1.54, 1.807) is 0 Å². The number of hydrogen-bond donors (Lipinski definition) is 0. The molecule has 0 aromatic carbocycles. The molecule has 0 radical (unpaired) electrons. The lowest BCUT2D eigenvalue weighted by Crippen LogP contribution is -2.21. The SMILES string of the molecule is CCC/C=C/C1CCC(CCC2CCC(OC)CC2)CC1. The molecule has 2 fully saturated rings. The maximum atomic E-state index is 5.48. The van der Waals surface area contributed by atoms with E-state index in [4.69, 9.17) is 4.74 Å². The molecule has 0 saturated heterocycles. The molecule has 2 saturated carbocycles. The number of methoxy groups -OCH3 is 1. The molecule has 2 aliphatic rings. The van der Waals surface area contributed by atoms with Crippen molar-refractivity contribution in [1.29, 1.82) is 0 Å². The smallest absolute Gasteiger partial charge is 0.0571 e. The summed E-state index contributed by atoms with van der Waals surface area (Å²) in [6.45, 7) is 2.27. The van der Waals surface area contributed by atoms with Crippen LogP contribution in [-0.2, 0) is 4.74 Å². The summed E-state index contributed by atoms with van der Waals surface area (Å²) < 4.78 is 5.48. The summed E-state index contributed by atoms with van der Waals surface area (Å²) in [5.41, 5.74) is 0. The Balaban J connectivity index is 1.57. The van der Waals surface area contributed by atoms with Crippen molar-refractivity contribution >= 4 is 0 Å². The second kappa shape index (κ2) is 9.66. The molecule has 0 aliphatic heterocycles. The first-order valence-electron chi connectivity index (χ1n) is 9.51. The van der Waals surface area contributed by atoms with Crippen molar-refractivity contribution in [3.05, 3.63) is 12.2 Å². The van der Waals surface area contributed by atoms with Gasteiger partial charge in [-0.2, -0.15) is 0 Å². The zero-order chi connectivity index (χ0) is 14.9. The monoisotopic (exact) mass is 292 g/mol. The van der Waals surface area contributed by atoms with Crippen LogP contribution in [0.5, 0.6) is 0 Å². The Morgan fingerprint density at radius 2 is 1.43 bits per heavy atom. The second-order valence-corrected chi connectivity index (χ2v) is 7.45. The van der Waals surface area contributed by atoms with Crippen LogP contribution in [0.1, 0.15) is 84.0 Å². The predicted octanol–water partition coefficient (Wildman–Crippen LogP) is 6.13. The lowest BCUT2D eigenvalue weighted by atomic mass is 9.77. The number of ether oxygens (including phenoxy) is 1. The molecule has 0 spiro atoms. The first-order valence-corrected chi connectivity index (χ1v) is 9.51. The van der Waals surface area contributed by atoms with Gasteiger partial charge < -0.3 is 4.74 Å². The normalized spacial score (nSPS) is 34.4. The summed E-state index contributed by atoms with van der Waals surface area (Å²) in [6, 6.07) is 0. The van der Waals surface area contributed by atoms with Gasteiger partial charge in [-0.25, -0.2) is 0 Å². The topological polar surface area (TPSA) is 9.23 Å². The molecule has 0 aromatic rings. The van der Waals surface area contributed by atoms with Crippen LogP contribution < -0.4 is 0 Å². The highest BCUT2D eigenvalue weighted by Gasteiger charge is 2.23. The van der Waals surface area contributed by atoms with Crippen molar-refractivity contribution in [2.24, 2.45) is 17.8 Å². The molecule has 0 bridgehead atoms. The van der Waals surface area contributed by atoms with Crippen molar-refractivity contribution in [2.45, 2.75) is 90.1 Å². The standard InChI is InChI=1S/C20H36O/c1-3-4-5-6-17-7-9-18(10-8-17)11-12-19-13-15-20(21-2)16-14-19/h5-6,17-20H,3-4,7-16H2,1-2H3/b6-5+. The van der Waals surface area contributed by atoms with Crippen molar-refractivity contribution < 1.29 is 4.74 Å². The molecule has 1 nitrogen and oxygen atoms in total. The lowest BCUT2D eigenvalue weighted by Gasteiger charge is -2.31. The summed E-state index contributed by atoms with van der Waals surface area (Å²) in [5.74, 6) is 2.92. The Morgan fingerprint density at radius 1 is 0.857 bits per heavy atom. The van der Waals surface area contributed by atoms with Gasteiger partial charge in [-0.05, 0) is 75.5 Å². The Kier molecular flexibility index (Phi) is 7.85. The van der Waals surface area contributed by atoms with Gasteiger partial charge in [-0.3, -0.25) is 0 Å². The molecule has 2 rings (SSSR count). The Labute approximate surface area is 132 Å². The molecule has 0 unspecified atom stereocenters. The maximum absolute atomic E-state index is 5.48. The fourth-order valence-electron chi connectivity index (χ4n) is 4.25. The average Bonchev–Trinajstić information content (AvgIpc) is 2.55. The van der Waals surface area contributed by atoms with Crippen molar-refractivity contribution in [3.8, 4) is 0 Å². The van der Waals surface area contributed by atoms with E-state index in [9.17, 15) is 0 Å². The molecular formula is C20H36O. The Morgan fingerprint density at radius 3 is 1.95 bits per heavy atom. The van der Waals surface area contributed by atoms with E-state index < -0.39 is 0 Å². The van der Waals surface area contributed by atoms with Crippen LogP contribution in [0.25, 0.3) is 0 Å². The van der Waals surface area contributed by atoms with Crippen LogP contribution in [0.15, 0.2) is 12.2 Å². The van der Waals surface area contributed by atoms with Gasteiger partial charge in [-0.15, -0.1) is 0 Å². The zero-order valence-electron chi connectivity index (χ0n) is 14.4. The molecule has 0 N–H and O–H groups in total. The third-order valence-corrected chi connectivity index (χ3v) is 5.87. The molecule has 1 heteroatoms. The average molecular weight is 293 g/mol. The quantitative estimate of drug-likeness (QED) is 0.512. The molecule has 0 aromatic heterocycles. The van der Waals surface area contributed by atoms with Gasteiger partial charge in [0.1, 0.15) is 0 Å². The second-order valence-electron chi connectivity index (χ2n) is 7.45. The predicted molar refractivity (Wildman–Crippen MR) is 91.5 cm³/mol. The largest absolute Gasteiger partial charge is 0.381 e. The highest BCUT2D eigenvalue weighted by molar-refractivity contribution is 4.91. The first-order chi connectivity index (χ1) is 10.3. The molecule has 0 atom stereocenters. The number of allylic oxidation sites excluding steroid dienone is 2. The van der Waals surface area contributed by atoms with Crippen LogP contribution >= 0.6 is 0 Å². The summed E-state index contributed by atoms with van der Waals surface area (Å²) in [7, 11) is 1.87. The van der Waals surface area contributed by atoms with Crippen LogP contribution in [0.3, 0.4) is 0 Å². The molecule has 2 aliphatic carbocycles. The minimum absolute atomic E-state index is 0.562. The molecule has 0 heterocycles. The number of hydrogen-bond acceptors (Lipinski definition) is 1. The molecule has 122 valence electrons. The minimum Gasteiger partial charge on any atom is -0.381 e. The lowest BCUT2D eigenvalue weighted by molar-refractivity contribution is 0.0541. The number of rotatable bonds is 7. The third-order valence-electron chi connectivity index (χ3n) is 5.87. The van der Waals surface area contributed by atoms with E-state index in [0.29, 0.717) is 6.10 Å². The van der Waals surface area contributed by atoms with E-state index in [2.05, 4.69) is 19.1 Å². The van der Waals surface area contributed by atoms with E-state index in [0.717, 1.165) is 17.8 Å². The summed E-state index contributed by atoms with van der Waals surface area (Å²) in [4.78, 5) is 0. The van der Waals surface area contributed by atoms with Crippen LogP contribution in [0.2, 0.25) is 0 Å². The maximum Gasteiger partial charge on any atom is 0.0571 e. The highest BCUT2D eigenvalue weighted by atomic mass is 16.5. The molecule has 0 amide bonds. The zero-order valence-corrected chi connectivity index (χ0v) is 14.4. The Hall–Kier alpha value is -0.300. The van der Waals surface area contributed by atoms with Gasteiger partial charge in [-0.1, -0.05) is 38.3 Å². The van der Waals surface area contributed by atoms with Crippen molar-refractivity contribution in [3.63, 3.8) is 0 Å². The van der Waals surface area contributed by atoms with Gasteiger partial charge in [0.15, 0.2) is 0 Å². The van der Waals surface area contributed by atoms with Gasteiger partial charge in [0, 0.05) is 7.11 Å². The van der Waals surface area contributed by atoms with Crippen molar-refractivity contribution in [1.82, 2.24) is 0 Å². The highest BCUT2D eigenvalue weighted by Crippen LogP contribution is 2.36. The van der Waals surface area contributed by atoms with E-state index in [-0.39, 0.29) is 0 Å². The third kappa shape index (κ3) is 6.14. The van der Waals surface area contributed by atoms with E-state index in [1.807, 2.05) is 7.11 Å². The van der Waals surface area contributed by atoms with Gasteiger partial charge in [0.05, 0.1) is 6.10 Å². The summed E-state index contributed by atoms with van der Waals surface area (Å²) >= 11 is 0. The minimum atomic E-state index is 0.562. The Bertz CT molecular complexity index is 280. The fourth-order valence-corrected chi connectivity index (χ4v) is 4.25. The van der Waals surface area contributed by atoms with Crippen molar-refractivity contribution in [2.75, 3.05) is 7.11 Å². The van der Waals surface area contributed by atoms with Crippen LogP contribution in [-0.4, -0.2) is 13.2 Å². The van der Waals surface area contributed by atoms with Crippen LogP contribution in [0.4, 0.5) is 0 Å². The van der Waals surface area contributed by atoms with E-state index in [1.165, 1.54) is 77.0 Å². The van der Waals surface area contributed by atoms with Crippen LogP contribution in [0, 0.1) is 17.8 Å². The summed E-state index contributed by atoms with van der Waals surface area (Å²) in [6.07, 6.45) is 22.3. The van der Waals surface area contributed by atoms with E-state index >= 15 is 0 Å². The molecule has 21 heavy (non-hydrogen) atoms. The fraction of sp³-hybridized carbons (Fsp3) is 0.900. The van der Waals surface area contributed by atoms with Gasteiger partial charge in [0.25, 0.3) is 0 Å². The molecular weight excluding hydrogens is 256 g/mol. The number of unbranched alkanes of at least 4 members (excludes halogenated alkanes) is 1. The van der Waals surface area contributed by atoms with Gasteiger partial charge >= 0.3 is 0 Å². The first kappa shape index (κ1) is 17.1. The van der Waals surface area contributed by atoms with Gasteiger partial charge in [0.2, 0.25) is 0 Å².